The van der Waals surface area contributed by atoms with E-state index in [0.717, 1.165) is 35.8 Å². The minimum atomic E-state index is 0.140. The molecule has 1 aromatic heterocycles. The first kappa shape index (κ1) is 14.9. The van der Waals surface area contributed by atoms with Crippen molar-refractivity contribution < 1.29 is 4.79 Å². The lowest BCUT2D eigenvalue weighted by molar-refractivity contribution is -0.119. The Labute approximate surface area is 130 Å². The number of carbonyl (C=O) groups excluding carboxylic acids is 1. The minimum absolute atomic E-state index is 0.140. The van der Waals surface area contributed by atoms with Crippen molar-refractivity contribution in [1.82, 2.24) is 20.1 Å². The first-order valence-corrected chi connectivity index (χ1v) is 9.04. The lowest BCUT2D eigenvalue weighted by Crippen LogP contribution is -2.39. The molecular weight excluding hydrogens is 284 g/mol. The number of fused-ring (bicyclic) bond motifs is 2. The molecule has 0 radical (unpaired) electrons. The molecule has 0 spiro atoms. The second-order valence-electron chi connectivity index (χ2n) is 6.13. The summed E-state index contributed by atoms with van der Waals surface area (Å²) in [5, 5.41) is 12.5. The number of thioether (sulfide) groups is 1. The van der Waals surface area contributed by atoms with Crippen LogP contribution in [0, 0.1) is 11.8 Å². The van der Waals surface area contributed by atoms with Crippen LogP contribution in [0.25, 0.3) is 0 Å². The highest BCUT2D eigenvalue weighted by atomic mass is 32.2. The average molecular weight is 308 g/mol. The highest BCUT2D eigenvalue weighted by molar-refractivity contribution is 7.99. The van der Waals surface area contributed by atoms with Gasteiger partial charge in [0.25, 0.3) is 0 Å². The molecule has 1 amide bonds. The lowest BCUT2D eigenvalue weighted by atomic mass is 9.95. The van der Waals surface area contributed by atoms with Crippen LogP contribution in [0.5, 0.6) is 0 Å². The van der Waals surface area contributed by atoms with Crippen LogP contribution in [0.1, 0.15) is 45.4 Å². The Morgan fingerprint density at radius 1 is 1.33 bits per heavy atom. The van der Waals surface area contributed by atoms with Gasteiger partial charge in [0.15, 0.2) is 5.16 Å². The molecule has 1 aromatic rings. The van der Waals surface area contributed by atoms with Crippen molar-refractivity contribution in [2.24, 2.45) is 11.8 Å². The normalized spacial score (nSPS) is 27.2. The van der Waals surface area contributed by atoms with Crippen molar-refractivity contribution in [2.75, 3.05) is 5.75 Å². The standard InChI is InChI=1S/C15H24N4OS/c1-3-13-17-18-15(19(13)4-2)21-9-14(20)16-12-8-10-5-6-11(12)7-10/h10-12H,3-9H2,1-2H3,(H,16,20)/t10-,11+,12-/m0/s1. The van der Waals surface area contributed by atoms with Crippen LogP contribution in [-0.2, 0) is 17.8 Å². The van der Waals surface area contributed by atoms with Crippen molar-refractivity contribution >= 4 is 17.7 Å². The summed E-state index contributed by atoms with van der Waals surface area (Å²) in [5.41, 5.74) is 0. The zero-order valence-corrected chi connectivity index (χ0v) is 13.7. The number of hydrogen-bond acceptors (Lipinski definition) is 4. The van der Waals surface area contributed by atoms with Crippen molar-refractivity contribution in [3.63, 3.8) is 0 Å². The van der Waals surface area contributed by atoms with E-state index in [2.05, 4.69) is 33.9 Å². The molecule has 0 unspecified atom stereocenters. The molecule has 2 bridgehead atoms. The first-order chi connectivity index (χ1) is 10.2. The fraction of sp³-hybridized carbons (Fsp3) is 0.800. The molecule has 0 saturated heterocycles. The van der Waals surface area contributed by atoms with Crippen LogP contribution >= 0.6 is 11.8 Å². The van der Waals surface area contributed by atoms with Gasteiger partial charge < -0.3 is 9.88 Å². The minimum Gasteiger partial charge on any atom is -0.352 e. The highest BCUT2D eigenvalue weighted by Crippen LogP contribution is 2.44. The maximum Gasteiger partial charge on any atom is 0.230 e. The Kier molecular flexibility index (Phi) is 4.52. The number of aromatic nitrogens is 3. The molecule has 5 nitrogen and oxygen atoms in total. The van der Waals surface area contributed by atoms with Gasteiger partial charge in [-0.3, -0.25) is 4.79 Å². The van der Waals surface area contributed by atoms with E-state index in [1.54, 1.807) is 0 Å². The summed E-state index contributed by atoms with van der Waals surface area (Å²) >= 11 is 1.50. The number of hydrogen-bond donors (Lipinski definition) is 1. The van der Waals surface area contributed by atoms with Gasteiger partial charge in [-0.25, -0.2) is 0 Å². The van der Waals surface area contributed by atoms with Crippen LogP contribution in [0.15, 0.2) is 5.16 Å². The lowest BCUT2D eigenvalue weighted by Gasteiger charge is -2.22. The molecule has 2 saturated carbocycles. The van der Waals surface area contributed by atoms with E-state index >= 15 is 0 Å². The number of aryl methyl sites for hydroxylation is 1. The third-order valence-electron chi connectivity index (χ3n) is 4.84. The van der Waals surface area contributed by atoms with E-state index < -0.39 is 0 Å². The summed E-state index contributed by atoms with van der Waals surface area (Å²) in [6.07, 6.45) is 6.05. The monoisotopic (exact) mass is 308 g/mol. The van der Waals surface area contributed by atoms with Crippen LogP contribution in [0.2, 0.25) is 0 Å². The molecule has 116 valence electrons. The fourth-order valence-corrected chi connectivity index (χ4v) is 4.64. The van der Waals surface area contributed by atoms with E-state index in [-0.39, 0.29) is 5.91 Å². The molecule has 21 heavy (non-hydrogen) atoms. The molecule has 1 heterocycles. The predicted molar refractivity (Wildman–Crippen MR) is 83.2 cm³/mol. The number of carbonyl (C=O) groups is 1. The molecule has 1 N–H and O–H groups in total. The molecule has 0 aliphatic heterocycles. The smallest absolute Gasteiger partial charge is 0.230 e. The number of nitrogens with zero attached hydrogens (tertiary/aromatic N) is 3. The van der Waals surface area contributed by atoms with Gasteiger partial charge in [-0.05, 0) is 38.0 Å². The van der Waals surface area contributed by atoms with Crippen LogP contribution in [0.3, 0.4) is 0 Å². The zero-order valence-electron chi connectivity index (χ0n) is 12.8. The summed E-state index contributed by atoms with van der Waals surface area (Å²) in [7, 11) is 0. The summed E-state index contributed by atoms with van der Waals surface area (Å²) in [6, 6.07) is 0.423. The quantitative estimate of drug-likeness (QED) is 0.819. The highest BCUT2D eigenvalue weighted by Gasteiger charge is 2.39. The van der Waals surface area contributed by atoms with Crippen molar-refractivity contribution in [3.8, 4) is 0 Å². The Morgan fingerprint density at radius 3 is 2.81 bits per heavy atom. The van der Waals surface area contributed by atoms with Crippen molar-refractivity contribution in [3.05, 3.63) is 5.82 Å². The molecule has 3 rings (SSSR count). The third kappa shape index (κ3) is 3.10. The van der Waals surface area contributed by atoms with Gasteiger partial charge in [0, 0.05) is 19.0 Å². The van der Waals surface area contributed by atoms with Gasteiger partial charge in [0.05, 0.1) is 5.75 Å². The Balaban J connectivity index is 1.51. The van der Waals surface area contributed by atoms with Gasteiger partial charge in [-0.1, -0.05) is 25.1 Å². The fourth-order valence-electron chi connectivity index (χ4n) is 3.81. The summed E-state index contributed by atoms with van der Waals surface area (Å²) in [5.74, 6) is 3.17. The number of nitrogens with one attached hydrogen (secondary N) is 1. The molecule has 0 aromatic carbocycles. The topological polar surface area (TPSA) is 59.8 Å². The summed E-state index contributed by atoms with van der Waals surface area (Å²) in [6.45, 7) is 5.01. The van der Waals surface area contributed by atoms with Gasteiger partial charge in [-0.2, -0.15) is 0 Å². The van der Waals surface area contributed by atoms with Crippen LogP contribution < -0.4 is 5.32 Å². The van der Waals surface area contributed by atoms with Crippen LogP contribution in [0.4, 0.5) is 0 Å². The first-order valence-electron chi connectivity index (χ1n) is 8.05. The van der Waals surface area contributed by atoms with Gasteiger partial charge in [0.1, 0.15) is 5.82 Å². The molecule has 2 aliphatic carbocycles. The molecule has 3 atom stereocenters. The molecule has 6 heteroatoms. The second-order valence-corrected chi connectivity index (χ2v) is 7.08. The largest absolute Gasteiger partial charge is 0.352 e. The van der Waals surface area contributed by atoms with Gasteiger partial charge in [0.2, 0.25) is 5.91 Å². The Morgan fingerprint density at radius 2 is 2.19 bits per heavy atom. The Bertz CT molecular complexity index is 516. The maximum absolute atomic E-state index is 12.1. The number of amides is 1. The van der Waals surface area contributed by atoms with Crippen molar-refractivity contribution in [2.45, 2.75) is 63.7 Å². The van der Waals surface area contributed by atoms with E-state index in [9.17, 15) is 4.79 Å². The van der Waals surface area contributed by atoms with E-state index in [1.807, 2.05) is 0 Å². The molecular formula is C15H24N4OS. The van der Waals surface area contributed by atoms with Gasteiger partial charge in [-0.15, -0.1) is 10.2 Å². The maximum atomic E-state index is 12.1. The Hall–Kier alpha value is -1.04. The number of rotatable bonds is 6. The average Bonchev–Trinajstić information content (AvgIpc) is 3.19. The molecule has 2 fully saturated rings. The third-order valence-corrected chi connectivity index (χ3v) is 5.81. The predicted octanol–water partition coefficient (Wildman–Crippen LogP) is 2.26. The zero-order chi connectivity index (χ0) is 14.8. The second kappa shape index (κ2) is 6.38. The van der Waals surface area contributed by atoms with Gasteiger partial charge >= 0.3 is 0 Å². The van der Waals surface area contributed by atoms with Crippen LogP contribution in [-0.4, -0.2) is 32.5 Å². The summed E-state index contributed by atoms with van der Waals surface area (Å²) < 4.78 is 2.09. The van der Waals surface area contributed by atoms with E-state index in [0.29, 0.717) is 11.8 Å². The SMILES string of the molecule is CCc1nnc(SCC(=O)N[C@H]2C[C@H]3CC[C@@H]2C3)n1CC. The van der Waals surface area contributed by atoms with E-state index in [4.69, 9.17) is 0 Å². The summed E-state index contributed by atoms with van der Waals surface area (Å²) in [4.78, 5) is 12.1. The molecule has 2 aliphatic rings. The van der Waals surface area contributed by atoms with Crippen molar-refractivity contribution in [1.29, 1.82) is 0 Å². The van der Waals surface area contributed by atoms with E-state index in [1.165, 1.54) is 37.4 Å².